The van der Waals surface area contributed by atoms with Crippen LogP contribution in [0.1, 0.15) is 21.7 Å². The van der Waals surface area contributed by atoms with Gasteiger partial charge in [-0.2, -0.15) is 5.10 Å². The van der Waals surface area contributed by atoms with E-state index in [2.05, 4.69) is 30.4 Å². The summed E-state index contributed by atoms with van der Waals surface area (Å²) in [5.74, 6) is 0.898. The van der Waals surface area contributed by atoms with Crippen LogP contribution in [-0.4, -0.2) is 51.9 Å². The van der Waals surface area contributed by atoms with Gasteiger partial charge in [-0.25, -0.2) is 9.97 Å². The van der Waals surface area contributed by atoms with Gasteiger partial charge >= 0.3 is 0 Å². The minimum Gasteiger partial charge on any atom is -0.504 e. The maximum Gasteiger partial charge on any atom is 0.271 e. The topological polar surface area (TPSA) is 116 Å². The predicted octanol–water partition coefficient (Wildman–Crippen LogP) is 0.989. The molecule has 0 bridgehead atoms. The number of carbonyl (C=O) groups excluding carboxylic acids is 1. The van der Waals surface area contributed by atoms with E-state index in [9.17, 15) is 9.90 Å². The lowest BCUT2D eigenvalue weighted by Gasteiger charge is -2.28. The van der Waals surface area contributed by atoms with Crippen LogP contribution < -0.4 is 15.0 Å². The molecule has 4 rings (SSSR count). The number of ether oxygens (including phenoxy) is 1. The second-order valence-corrected chi connectivity index (χ2v) is 6.02. The highest BCUT2D eigenvalue weighted by molar-refractivity contribution is 5.95. The molecule has 1 aromatic carbocycles. The summed E-state index contributed by atoms with van der Waals surface area (Å²) in [4.78, 5) is 22.8. The number of aromatic amines is 1. The van der Waals surface area contributed by atoms with Gasteiger partial charge in [0.1, 0.15) is 12.1 Å². The molecule has 1 amide bonds. The van der Waals surface area contributed by atoms with Crippen LogP contribution >= 0.6 is 0 Å². The number of methoxy groups -OCH3 is 1. The first-order valence-corrected chi connectivity index (χ1v) is 8.17. The van der Waals surface area contributed by atoms with Crippen LogP contribution in [-0.2, 0) is 13.0 Å². The number of aromatic nitrogens is 4. The Labute approximate surface area is 149 Å². The van der Waals surface area contributed by atoms with E-state index < -0.39 is 0 Å². The van der Waals surface area contributed by atoms with Gasteiger partial charge in [0.2, 0.25) is 0 Å². The summed E-state index contributed by atoms with van der Waals surface area (Å²) in [6.07, 6.45) is 2.19. The maximum absolute atomic E-state index is 12.0. The van der Waals surface area contributed by atoms with Crippen molar-refractivity contribution in [1.29, 1.82) is 0 Å². The molecule has 0 saturated heterocycles. The van der Waals surface area contributed by atoms with Crippen molar-refractivity contribution in [3.63, 3.8) is 0 Å². The molecule has 9 heteroatoms. The largest absolute Gasteiger partial charge is 0.504 e. The fourth-order valence-corrected chi connectivity index (χ4v) is 3.26. The lowest BCUT2D eigenvalue weighted by molar-refractivity contribution is 0.0957. The summed E-state index contributed by atoms with van der Waals surface area (Å²) in [5, 5.41) is 20.5. The zero-order chi connectivity index (χ0) is 18.3. The van der Waals surface area contributed by atoms with E-state index in [1.165, 1.54) is 13.4 Å². The van der Waals surface area contributed by atoms with Gasteiger partial charge in [-0.05, 0) is 6.07 Å². The molecule has 0 atom stereocenters. The number of nitrogens with one attached hydrogen (secondary N) is 2. The molecule has 134 valence electrons. The molecular formula is C17H18N6O3. The van der Waals surface area contributed by atoms with Crippen molar-refractivity contribution in [2.24, 2.45) is 0 Å². The Morgan fingerprint density at radius 2 is 2.23 bits per heavy atom. The number of hydrogen-bond donors (Lipinski definition) is 3. The SMILES string of the molecule is CNC(=O)c1n[nH]c2c1CN(c1ncnc3cc(O)c(OC)cc13)CC2. The van der Waals surface area contributed by atoms with Crippen LogP contribution in [0.25, 0.3) is 10.9 Å². The second kappa shape index (κ2) is 6.17. The number of aromatic hydroxyl groups is 1. The highest BCUT2D eigenvalue weighted by atomic mass is 16.5. The summed E-state index contributed by atoms with van der Waals surface area (Å²) < 4.78 is 5.21. The van der Waals surface area contributed by atoms with Gasteiger partial charge in [0, 0.05) is 49.3 Å². The summed E-state index contributed by atoms with van der Waals surface area (Å²) in [6.45, 7) is 1.22. The Kier molecular flexibility index (Phi) is 3.83. The molecule has 2 aromatic heterocycles. The van der Waals surface area contributed by atoms with Gasteiger partial charge in [0.05, 0.1) is 12.6 Å². The van der Waals surface area contributed by atoms with Crippen LogP contribution in [0.2, 0.25) is 0 Å². The van der Waals surface area contributed by atoms with Crippen LogP contribution in [0.15, 0.2) is 18.5 Å². The smallest absolute Gasteiger partial charge is 0.271 e. The van der Waals surface area contributed by atoms with E-state index in [1.807, 2.05) is 0 Å². The summed E-state index contributed by atoms with van der Waals surface area (Å²) >= 11 is 0. The van der Waals surface area contributed by atoms with Crippen molar-refractivity contribution in [3.8, 4) is 11.5 Å². The zero-order valence-corrected chi connectivity index (χ0v) is 14.4. The van der Waals surface area contributed by atoms with E-state index in [-0.39, 0.29) is 11.7 Å². The Morgan fingerprint density at radius 1 is 1.38 bits per heavy atom. The second-order valence-electron chi connectivity index (χ2n) is 6.02. The molecule has 0 unspecified atom stereocenters. The quantitative estimate of drug-likeness (QED) is 0.642. The van der Waals surface area contributed by atoms with Crippen molar-refractivity contribution < 1.29 is 14.6 Å². The van der Waals surface area contributed by atoms with Crippen molar-refractivity contribution >= 4 is 22.6 Å². The van der Waals surface area contributed by atoms with Crippen LogP contribution in [0, 0.1) is 0 Å². The molecule has 0 fully saturated rings. The third-order valence-corrected chi connectivity index (χ3v) is 4.59. The number of anilines is 1. The molecule has 26 heavy (non-hydrogen) atoms. The van der Waals surface area contributed by atoms with E-state index in [4.69, 9.17) is 4.74 Å². The van der Waals surface area contributed by atoms with Gasteiger partial charge in [-0.3, -0.25) is 9.89 Å². The Morgan fingerprint density at radius 3 is 3.00 bits per heavy atom. The minimum atomic E-state index is -0.219. The first-order valence-electron chi connectivity index (χ1n) is 8.17. The number of phenols is 1. The molecule has 0 spiro atoms. The van der Waals surface area contributed by atoms with E-state index >= 15 is 0 Å². The Bertz CT molecular complexity index is 1000. The number of amides is 1. The zero-order valence-electron chi connectivity index (χ0n) is 14.4. The number of H-pyrrole nitrogens is 1. The fourth-order valence-electron chi connectivity index (χ4n) is 3.26. The van der Waals surface area contributed by atoms with Gasteiger partial charge < -0.3 is 20.1 Å². The van der Waals surface area contributed by atoms with Gasteiger partial charge in [-0.1, -0.05) is 0 Å². The van der Waals surface area contributed by atoms with Crippen molar-refractivity contribution in [2.75, 3.05) is 25.6 Å². The number of carbonyl (C=O) groups is 1. The van der Waals surface area contributed by atoms with Crippen LogP contribution in [0.4, 0.5) is 5.82 Å². The normalized spacial score (nSPS) is 13.5. The lowest BCUT2D eigenvalue weighted by atomic mass is 10.0. The number of fused-ring (bicyclic) bond motifs is 2. The number of phenolic OH excluding ortho intramolecular Hbond substituents is 1. The average molecular weight is 354 g/mol. The summed E-state index contributed by atoms with van der Waals surface area (Å²) in [6, 6.07) is 3.28. The van der Waals surface area contributed by atoms with Gasteiger partial charge in [0.15, 0.2) is 17.2 Å². The monoisotopic (exact) mass is 354 g/mol. The molecular weight excluding hydrogens is 336 g/mol. The number of rotatable bonds is 3. The Hall–Kier alpha value is -3.36. The average Bonchev–Trinajstić information content (AvgIpc) is 3.09. The molecule has 1 aliphatic rings. The first kappa shape index (κ1) is 16.1. The van der Waals surface area contributed by atoms with Crippen LogP contribution in [0.3, 0.4) is 0 Å². The molecule has 0 radical (unpaired) electrons. The van der Waals surface area contributed by atoms with Gasteiger partial charge in [0.25, 0.3) is 5.91 Å². The van der Waals surface area contributed by atoms with E-state index in [0.29, 0.717) is 23.5 Å². The van der Waals surface area contributed by atoms with Crippen molar-refractivity contribution in [2.45, 2.75) is 13.0 Å². The van der Waals surface area contributed by atoms with Crippen molar-refractivity contribution in [1.82, 2.24) is 25.5 Å². The van der Waals surface area contributed by atoms with Gasteiger partial charge in [-0.15, -0.1) is 0 Å². The van der Waals surface area contributed by atoms with E-state index in [0.717, 1.165) is 35.4 Å². The van der Waals surface area contributed by atoms with Crippen LogP contribution in [0.5, 0.6) is 11.5 Å². The molecule has 0 aliphatic carbocycles. The minimum absolute atomic E-state index is 0.0299. The molecule has 3 N–H and O–H groups in total. The van der Waals surface area contributed by atoms with Crippen molar-refractivity contribution in [3.05, 3.63) is 35.4 Å². The summed E-state index contributed by atoms with van der Waals surface area (Å²) in [5.41, 5.74) is 2.86. The highest BCUT2D eigenvalue weighted by Gasteiger charge is 2.26. The highest BCUT2D eigenvalue weighted by Crippen LogP contribution is 2.35. The number of hydrogen-bond acceptors (Lipinski definition) is 7. The third kappa shape index (κ3) is 2.48. The van der Waals surface area contributed by atoms with E-state index in [1.54, 1.807) is 19.2 Å². The summed E-state index contributed by atoms with van der Waals surface area (Å²) in [7, 11) is 3.08. The third-order valence-electron chi connectivity index (χ3n) is 4.59. The molecule has 3 heterocycles. The molecule has 3 aromatic rings. The molecule has 1 aliphatic heterocycles. The fraction of sp³-hybridized carbons (Fsp3) is 0.294. The maximum atomic E-state index is 12.0. The number of benzene rings is 1. The molecule has 0 saturated carbocycles. The number of nitrogens with zero attached hydrogens (tertiary/aromatic N) is 4. The molecule has 9 nitrogen and oxygen atoms in total. The Balaban J connectivity index is 1.77. The predicted molar refractivity (Wildman–Crippen MR) is 94.5 cm³/mol. The standard InChI is InChI=1S/C17H18N6O3/c1-18-17(25)15-10-7-23(4-3-11(10)21-22-15)16-9-5-14(26-2)13(24)6-12(9)19-8-20-16/h5-6,8,24H,3-4,7H2,1-2H3,(H,18,25)(H,21,22). The first-order chi connectivity index (χ1) is 12.6. The lowest BCUT2D eigenvalue weighted by Crippen LogP contribution is -2.32.